The van der Waals surface area contributed by atoms with Crippen LogP contribution >= 0.6 is 11.5 Å². The number of nitrogens with zero attached hydrogens (tertiary/aromatic N) is 2. The topological polar surface area (TPSA) is 58.0 Å². The Bertz CT molecular complexity index is 340. The molecule has 1 saturated carbocycles. The predicted octanol–water partition coefficient (Wildman–Crippen LogP) is 2.38. The summed E-state index contributed by atoms with van der Waals surface area (Å²) in [6, 6.07) is 0.154. The predicted molar refractivity (Wildman–Crippen MR) is 65.9 cm³/mol. The minimum Gasteiger partial charge on any atom is -0.391 e. The quantitative estimate of drug-likeness (QED) is 0.853. The van der Waals surface area contributed by atoms with Crippen LogP contribution in [-0.2, 0) is 0 Å². The summed E-state index contributed by atoms with van der Waals surface area (Å²) in [5.74, 6) is 1.25. The van der Waals surface area contributed by atoms with Crippen LogP contribution in [0.5, 0.6) is 0 Å². The summed E-state index contributed by atoms with van der Waals surface area (Å²) < 4.78 is 4.29. The van der Waals surface area contributed by atoms with Crippen molar-refractivity contribution in [2.45, 2.75) is 57.6 Å². The van der Waals surface area contributed by atoms with Gasteiger partial charge in [-0.25, -0.2) is 4.98 Å². The van der Waals surface area contributed by atoms with E-state index in [4.69, 9.17) is 0 Å². The van der Waals surface area contributed by atoms with Gasteiger partial charge >= 0.3 is 0 Å². The lowest BCUT2D eigenvalue weighted by Gasteiger charge is -2.27. The lowest BCUT2D eigenvalue weighted by Crippen LogP contribution is -2.36. The molecule has 2 rings (SSSR count). The van der Waals surface area contributed by atoms with E-state index < -0.39 is 0 Å². The van der Waals surface area contributed by atoms with Gasteiger partial charge in [-0.3, -0.25) is 0 Å². The van der Waals surface area contributed by atoms with Gasteiger partial charge in [-0.05, 0) is 12.8 Å². The fourth-order valence-electron chi connectivity index (χ4n) is 1.97. The lowest BCUT2D eigenvalue weighted by molar-refractivity contribution is 0.116. The van der Waals surface area contributed by atoms with Crippen LogP contribution in [0.1, 0.15) is 51.3 Å². The third-order valence-corrected chi connectivity index (χ3v) is 3.66. The Kier molecular flexibility index (Phi) is 3.76. The number of nitrogens with one attached hydrogen (secondary N) is 1. The van der Waals surface area contributed by atoms with Crippen LogP contribution in [0.2, 0.25) is 0 Å². The normalized spacial score (nSPS) is 26.0. The van der Waals surface area contributed by atoms with Gasteiger partial charge in [0.1, 0.15) is 5.82 Å². The van der Waals surface area contributed by atoms with Crippen molar-refractivity contribution in [3.05, 3.63) is 5.82 Å². The zero-order chi connectivity index (χ0) is 11.5. The van der Waals surface area contributed by atoms with E-state index in [0.717, 1.165) is 30.2 Å². The highest BCUT2D eigenvalue weighted by molar-refractivity contribution is 7.09. The zero-order valence-corrected chi connectivity index (χ0v) is 10.6. The van der Waals surface area contributed by atoms with E-state index in [1.54, 1.807) is 0 Å². The molecule has 4 nitrogen and oxygen atoms in total. The Morgan fingerprint density at radius 2 is 2.12 bits per heavy atom. The maximum atomic E-state index is 9.84. The van der Waals surface area contributed by atoms with Gasteiger partial charge in [0.05, 0.1) is 12.1 Å². The summed E-state index contributed by atoms with van der Waals surface area (Å²) in [5.41, 5.74) is 0. The van der Waals surface area contributed by atoms with Gasteiger partial charge in [-0.2, -0.15) is 4.37 Å². The smallest absolute Gasteiger partial charge is 0.202 e. The Morgan fingerprint density at radius 3 is 2.75 bits per heavy atom. The minimum absolute atomic E-state index is 0.154. The fourth-order valence-corrected chi connectivity index (χ4v) is 2.74. The minimum atomic E-state index is -0.236. The molecule has 2 N–H and O–H groups in total. The molecule has 16 heavy (non-hydrogen) atoms. The highest BCUT2D eigenvalue weighted by Crippen LogP contribution is 2.24. The fraction of sp³-hybridized carbons (Fsp3) is 0.818. The van der Waals surface area contributed by atoms with Crippen molar-refractivity contribution in [1.29, 1.82) is 0 Å². The van der Waals surface area contributed by atoms with E-state index in [2.05, 4.69) is 28.5 Å². The summed E-state index contributed by atoms with van der Waals surface area (Å²) >= 11 is 1.39. The molecule has 1 aromatic heterocycles. The number of aromatic nitrogens is 2. The van der Waals surface area contributed by atoms with Crippen molar-refractivity contribution in [1.82, 2.24) is 9.36 Å². The average Bonchev–Trinajstić information content (AvgIpc) is 2.70. The first-order valence-corrected chi connectivity index (χ1v) is 6.72. The average molecular weight is 241 g/mol. The van der Waals surface area contributed by atoms with Gasteiger partial charge in [-0.1, -0.05) is 26.7 Å². The molecule has 0 aliphatic heterocycles. The van der Waals surface area contributed by atoms with E-state index in [0.29, 0.717) is 5.92 Å². The molecule has 90 valence electrons. The maximum absolute atomic E-state index is 9.84. The van der Waals surface area contributed by atoms with Crippen LogP contribution in [-0.4, -0.2) is 26.6 Å². The van der Waals surface area contributed by atoms with Crippen LogP contribution < -0.4 is 5.32 Å². The molecule has 0 spiro atoms. The molecule has 1 aromatic rings. The third kappa shape index (κ3) is 2.71. The monoisotopic (exact) mass is 241 g/mol. The molecular weight excluding hydrogens is 222 g/mol. The van der Waals surface area contributed by atoms with Gasteiger partial charge in [0.15, 0.2) is 0 Å². The van der Waals surface area contributed by atoms with Crippen LogP contribution in [0.4, 0.5) is 5.13 Å². The zero-order valence-electron chi connectivity index (χ0n) is 9.81. The lowest BCUT2D eigenvalue weighted by atomic mass is 9.93. The molecule has 0 aromatic carbocycles. The van der Waals surface area contributed by atoms with Crippen molar-refractivity contribution in [2.24, 2.45) is 0 Å². The molecule has 0 saturated heterocycles. The standard InChI is InChI=1S/C11H19N3OS/c1-7(2)10-13-11(16-14-10)12-8-5-3-4-6-9(8)15/h7-9,15H,3-6H2,1-2H3,(H,12,13,14). The van der Waals surface area contributed by atoms with Gasteiger partial charge in [0.2, 0.25) is 5.13 Å². The van der Waals surface area contributed by atoms with Crippen LogP contribution in [0.3, 0.4) is 0 Å². The van der Waals surface area contributed by atoms with E-state index in [-0.39, 0.29) is 12.1 Å². The number of aliphatic hydroxyl groups is 1. The number of rotatable bonds is 3. The van der Waals surface area contributed by atoms with Crippen molar-refractivity contribution in [3.63, 3.8) is 0 Å². The van der Waals surface area contributed by atoms with Crippen molar-refractivity contribution in [3.8, 4) is 0 Å². The van der Waals surface area contributed by atoms with Gasteiger partial charge in [-0.15, -0.1) is 0 Å². The highest BCUT2D eigenvalue weighted by Gasteiger charge is 2.23. The molecule has 2 atom stereocenters. The van der Waals surface area contributed by atoms with E-state index in [1.165, 1.54) is 18.0 Å². The van der Waals surface area contributed by atoms with E-state index >= 15 is 0 Å². The van der Waals surface area contributed by atoms with Crippen molar-refractivity contribution >= 4 is 16.7 Å². The summed E-state index contributed by atoms with van der Waals surface area (Å²) in [4.78, 5) is 4.42. The van der Waals surface area contributed by atoms with Gasteiger partial charge in [0.25, 0.3) is 0 Å². The van der Waals surface area contributed by atoms with Crippen molar-refractivity contribution < 1.29 is 5.11 Å². The maximum Gasteiger partial charge on any atom is 0.202 e. The summed E-state index contributed by atoms with van der Waals surface area (Å²) in [6.45, 7) is 4.17. The Balaban J connectivity index is 1.97. The first-order valence-electron chi connectivity index (χ1n) is 5.95. The molecule has 1 fully saturated rings. The van der Waals surface area contributed by atoms with Crippen LogP contribution in [0.25, 0.3) is 0 Å². The molecular formula is C11H19N3OS. The summed E-state index contributed by atoms with van der Waals surface area (Å²) in [5, 5.41) is 14.0. The molecule has 0 radical (unpaired) electrons. The second-order valence-corrected chi connectivity index (χ2v) is 5.47. The first-order chi connectivity index (χ1) is 7.66. The molecule has 1 aliphatic carbocycles. The number of aliphatic hydroxyl groups excluding tert-OH is 1. The Hall–Kier alpha value is -0.680. The second-order valence-electron chi connectivity index (χ2n) is 4.72. The number of hydrogen-bond donors (Lipinski definition) is 2. The number of hydrogen-bond acceptors (Lipinski definition) is 5. The Labute approximate surface area is 100 Å². The third-order valence-electron chi connectivity index (χ3n) is 3.00. The molecule has 2 unspecified atom stereocenters. The Morgan fingerprint density at radius 1 is 1.38 bits per heavy atom. The largest absolute Gasteiger partial charge is 0.391 e. The molecule has 1 heterocycles. The van der Waals surface area contributed by atoms with Gasteiger partial charge < -0.3 is 10.4 Å². The van der Waals surface area contributed by atoms with Gasteiger partial charge in [0, 0.05) is 17.5 Å². The molecule has 0 bridgehead atoms. The molecule has 1 aliphatic rings. The summed E-state index contributed by atoms with van der Waals surface area (Å²) in [7, 11) is 0. The van der Waals surface area contributed by atoms with E-state index in [1.807, 2.05) is 0 Å². The molecule has 0 amide bonds. The number of anilines is 1. The summed E-state index contributed by atoms with van der Waals surface area (Å²) in [6.07, 6.45) is 4.00. The van der Waals surface area contributed by atoms with Crippen LogP contribution in [0.15, 0.2) is 0 Å². The van der Waals surface area contributed by atoms with Crippen LogP contribution in [0, 0.1) is 0 Å². The first kappa shape index (κ1) is 11.8. The second kappa shape index (κ2) is 5.10. The SMILES string of the molecule is CC(C)c1nsc(NC2CCCCC2O)n1. The van der Waals surface area contributed by atoms with E-state index in [9.17, 15) is 5.11 Å². The highest BCUT2D eigenvalue weighted by atomic mass is 32.1. The molecule has 5 heteroatoms. The van der Waals surface area contributed by atoms with Crippen molar-refractivity contribution in [2.75, 3.05) is 5.32 Å².